The van der Waals surface area contributed by atoms with E-state index < -0.39 is 5.60 Å². The lowest BCUT2D eigenvalue weighted by molar-refractivity contribution is -0.160. The fourth-order valence-corrected chi connectivity index (χ4v) is 2.96. The molecular weight excluding hydrogens is 440 g/mol. The van der Waals surface area contributed by atoms with Gasteiger partial charge in [0.05, 0.1) is 66.1 Å². The van der Waals surface area contributed by atoms with Crippen LogP contribution in [0.4, 0.5) is 0 Å². The second kappa shape index (κ2) is 25.3. The molecule has 0 atom stereocenters. The molecule has 0 aromatic heterocycles. The van der Waals surface area contributed by atoms with Gasteiger partial charge in [-0.1, -0.05) is 51.9 Å². The Hall–Kier alpha value is -0.770. The highest BCUT2D eigenvalue weighted by Gasteiger charge is 2.15. The Bertz CT molecular complexity index is 426. The van der Waals surface area contributed by atoms with Crippen LogP contribution in [0.1, 0.15) is 79.1 Å². The molecule has 0 saturated carbocycles. The number of unbranched alkanes of at least 4 members (excludes halogenated alkanes) is 7. The molecule has 0 saturated heterocycles. The van der Waals surface area contributed by atoms with Gasteiger partial charge in [-0.2, -0.15) is 0 Å². The summed E-state index contributed by atoms with van der Waals surface area (Å²) in [7, 11) is 0. The molecule has 0 fully saturated rings. The Morgan fingerprint density at radius 1 is 0.500 bits per heavy atom. The van der Waals surface area contributed by atoms with Crippen LogP contribution in [-0.4, -0.2) is 90.9 Å². The van der Waals surface area contributed by atoms with Crippen molar-refractivity contribution in [2.45, 2.75) is 84.7 Å². The van der Waals surface area contributed by atoms with E-state index in [4.69, 9.17) is 33.2 Å². The lowest BCUT2D eigenvalue weighted by atomic mass is 10.1. The van der Waals surface area contributed by atoms with Crippen LogP contribution in [0.15, 0.2) is 0 Å². The van der Waals surface area contributed by atoms with Crippen molar-refractivity contribution in [2.75, 3.05) is 79.3 Å². The van der Waals surface area contributed by atoms with E-state index in [1.807, 2.05) is 20.8 Å². The highest BCUT2D eigenvalue weighted by Crippen LogP contribution is 2.08. The Morgan fingerprint density at radius 2 is 0.853 bits per heavy atom. The van der Waals surface area contributed by atoms with Crippen molar-refractivity contribution in [3.05, 3.63) is 0 Å². The maximum Gasteiger partial charge on any atom is 0.332 e. The van der Waals surface area contributed by atoms with E-state index in [0.717, 1.165) is 13.0 Å². The molecule has 0 aliphatic carbocycles. The van der Waals surface area contributed by atoms with Crippen LogP contribution in [0, 0.1) is 0 Å². The summed E-state index contributed by atoms with van der Waals surface area (Å²) >= 11 is 0. The third-order valence-electron chi connectivity index (χ3n) is 4.64. The number of hydrogen-bond acceptors (Lipinski definition) is 8. The molecule has 0 aliphatic rings. The molecule has 0 bridgehead atoms. The fraction of sp³-hybridized carbons (Fsp3) is 0.962. The smallest absolute Gasteiger partial charge is 0.332 e. The molecule has 8 heteroatoms. The van der Waals surface area contributed by atoms with Gasteiger partial charge in [-0.15, -0.1) is 0 Å². The molecule has 0 rings (SSSR count). The van der Waals surface area contributed by atoms with E-state index in [-0.39, 0.29) is 12.6 Å². The molecule has 0 spiro atoms. The summed E-state index contributed by atoms with van der Waals surface area (Å²) < 4.78 is 37.7. The Labute approximate surface area is 208 Å². The molecule has 0 unspecified atom stereocenters. The minimum absolute atomic E-state index is 0.0650. The SMILES string of the molecule is CCCCCCCCCCOCCOCCOCCOCCOCCOCC(=O)OC(C)(C)C. The normalized spacial score (nSPS) is 11.8. The summed E-state index contributed by atoms with van der Waals surface area (Å²) in [6, 6.07) is 0. The zero-order valence-electron chi connectivity index (χ0n) is 22.4. The monoisotopic (exact) mass is 492 g/mol. The largest absolute Gasteiger partial charge is 0.458 e. The third-order valence-corrected chi connectivity index (χ3v) is 4.64. The van der Waals surface area contributed by atoms with Gasteiger partial charge in [0.1, 0.15) is 12.2 Å². The predicted molar refractivity (Wildman–Crippen MR) is 133 cm³/mol. The first-order valence-corrected chi connectivity index (χ1v) is 13.1. The minimum Gasteiger partial charge on any atom is -0.458 e. The minimum atomic E-state index is -0.494. The van der Waals surface area contributed by atoms with Crippen LogP contribution in [0.3, 0.4) is 0 Å². The van der Waals surface area contributed by atoms with Gasteiger partial charge >= 0.3 is 5.97 Å². The van der Waals surface area contributed by atoms with E-state index in [0.29, 0.717) is 66.1 Å². The average Bonchev–Trinajstić information content (AvgIpc) is 2.78. The Kier molecular flexibility index (Phi) is 24.8. The molecular formula is C26H52O8. The van der Waals surface area contributed by atoms with E-state index in [2.05, 4.69) is 6.92 Å². The first kappa shape index (κ1) is 33.2. The maximum absolute atomic E-state index is 11.5. The maximum atomic E-state index is 11.5. The van der Waals surface area contributed by atoms with E-state index in [1.165, 1.54) is 44.9 Å². The van der Waals surface area contributed by atoms with Gasteiger partial charge in [0, 0.05) is 6.61 Å². The first-order chi connectivity index (χ1) is 16.5. The molecule has 0 radical (unpaired) electrons. The van der Waals surface area contributed by atoms with Gasteiger partial charge in [0.25, 0.3) is 0 Å². The van der Waals surface area contributed by atoms with Crippen LogP contribution in [-0.2, 0) is 38.0 Å². The van der Waals surface area contributed by atoms with E-state index in [1.54, 1.807) is 0 Å². The molecule has 0 N–H and O–H groups in total. The number of hydrogen-bond donors (Lipinski definition) is 0. The van der Waals surface area contributed by atoms with Crippen LogP contribution in [0.5, 0.6) is 0 Å². The van der Waals surface area contributed by atoms with Gasteiger partial charge in [-0.25, -0.2) is 4.79 Å². The van der Waals surface area contributed by atoms with Crippen molar-refractivity contribution in [3.8, 4) is 0 Å². The van der Waals surface area contributed by atoms with Crippen molar-refractivity contribution in [1.29, 1.82) is 0 Å². The van der Waals surface area contributed by atoms with E-state index >= 15 is 0 Å². The van der Waals surface area contributed by atoms with Gasteiger partial charge in [-0.05, 0) is 27.2 Å². The predicted octanol–water partition coefficient (Wildman–Crippen LogP) is 4.57. The number of ether oxygens (including phenoxy) is 7. The molecule has 0 aliphatic heterocycles. The summed E-state index contributed by atoms with van der Waals surface area (Å²) in [6.45, 7) is 13.6. The van der Waals surface area contributed by atoms with Gasteiger partial charge in [-0.3, -0.25) is 0 Å². The zero-order chi connectivity index (χ0) is 25.2. The van der Waals surface area contributed by atoms with Gasteiger partial charge in [0.2, 0.25) is 0 Å². The highest BCUT2D eigenvalue weighted by molar-refractivity contribution is 5.71. The number of carbonyl (C=O) groups excluding carboxylic acids is 1. The number of rotatable bonds is 26. The summed E-state index contributed by atoms with van der Waals surface area (Å²) in [5.74, 6) is -0.372. The zero-order valence-corrected chi connectivity index (χ0v) is 22.4. The standard InChI is InChI=1S/C26H52O8/c1-5-6-7-8-9-10-11-12-13-28-14-15-29-16-17-30-18-19-31-20-21-32-22-23-33-24-25(27)34-26(2,3)4/h5-24H2,1-4H3. The quantitative estimate of drug-likeness (QED) is 0.128. The molecule has 0 aromatic rings. The second-order valence-electron chi connectivity index (χ2n) is 9.18. The van der Waals surface area contributed by atoms with Crippen LogP contribution < -0.4 is 0 Å². The van der Waals surface area contributed by atoms with Gasteiger partial charge < -0.3 is 33.2 Å². The molecule has 0 amide bonds. The fourth-order valence-electron chi connectivity index (χ4n) is 2.96. The van der Waals surface area contributed by atoms with E-state index in [9.17, 15) is 4.79 Å². The first-order valence-electron chi connectivity index (χ1n) is 13.1. The molecule has 0 aromatic carbocycles. The second-order valence-corrected chi connectivity index (χ2v) is 9.18. The lowest BCUT2D eigenvalue weighted by Gasteiger charge is -2.19. The third kappa shape index (κ3) is 29.3. The molecule has 204 valence electrons. The Balaban J connectivity index is 3.10. The van der Waals surface area contributed by atoms with Crippen LogP contribution in [0.25, 0.3) is 0 Å². The number of esters is 1. The Morgan fingerprint density at radius 3 is 1.26 bits per heavy atom. The highest BCUT2D eigenvalue weighted by atomic mass is 16.6. The number of carbonyl (C=O) groups is 1. The summed E-state index contributed by atoms with van der Waals surface area (Å²) in [5.41, 5.74) is -0.494. The average molecular weight is 493 g/mol. The topological polar surface area (TPSA) is 81.7 Å². The lowest BCUT2D eigenvalue weighted by Crippen LogP contribution is -2.27. The summed E-state index contributed by atoms with van der Waals surface area (Å²) in [4.78, 5) is 11.5. The van der Waals surface area contributed by atoms with Crippen molar-refractivity contribution in [1.82, 2.24) is 0 Å². The van der Waals surface area contributed by atoms with Crippen molar-refractivity contribution in [3.63, 3.8) is 0 Å². The van der Waals surface area contributed by atoms with Crippen LogP contribution in [0.2, 0.25) is 0 Å². The van der Waals surface area contributed by atoms with Crippen LogP contribution >= 0.6 is 0 Å². The van der Waals surface area contributed by atoms with Gasteiger partial charge in [0.15, 0.2) is 0 Å². The molecule has 34 heavy (non-hydrogen) atoms. The summed E-state index contributed by atoms with van der Waals surface area (Å²) in [6.07, 6.45) is 10.5. The summed E-state index contributed by atoms with van der Waals surface area (Å²) in [5, 5.41) is 0. The van der Waals surface area contributed by atoms with Crippen molar-refractivity contribution in [2.24, 2.45) is 0 Å². The van der Waals surface area contributed by atoms with Crippen molar-refractivity contribution >= 4 is 5.97 Å². The van der Waals surface area contributed by atoms with Crippen molar-refractivity contribution < 1.29 is 38.0 Å². The molecule has 8 nitrogen and oxygen atoms in total. The molecule has 0 heterocycles.